The van der Waals surface area contributed by atoms with Gasteiger partial charge in [-0.3, -0.25) is 9.59 Å². The van der Waals surface area contributed by atoms with Gasteiger partial charge in [0.1, 0.15) is 6.54 Å². The topological polar surface area (TPSA) is 49.4 Å². The molecule has 0 heterocycles. The van der Waals surface area contributed by atoms with E-state index in [2.05, 4.69) is 51.2 Å². The van der Waals surface area contributed by atoms with Gasteiger partial charge in [-0.15, -0.1) is 0 Å². The molecule has 4 heteroatoms. The van der Waals surface area contributed by atoms with E-state index < -0.39 is 0 Å². The third kappa shape index (κ3) is 5.09. The number of hydrogen-bond acceptors (Lipinski definition) is 2. The predicted molar refractivity (Wildman–Crippen MR) is 108 cm³/mol. The van der Waals surface area contributed by atoms with Gasteiger partial charge in [-0.2, -0.15) is 0 Å². The lowest BCUT2D eigenvalue weighted by Crippen LogP contribution is -2.44. The number of carbonyl (C=O) groups excluding carboxylic acids is 2. The van der Waals surface area contributed by atoms with Crippen LogP contribution in [0.15, 0.2) is 18.2 Å². The molecule has 1 aromatic carbocycles. The number of hydrogen-bond donors (Lipinski definition) is 1. The van der Waals surface area contributed by atoms with E-state index in [1.54, 1.807) is 11.8 Å². The Hall–Kier alpha value is -1.84. The predicted octanol–water partition coefficient (Wildman–Crippen LogP) is 5.05. The van der Waals surface area contributed by atoms with Crippen molar-refractivity contribution in [1.82, 2.24) is 4.90 Å². The van der Waals surface area contributed by atoms with Crippen LogP contribution < -0.4 is 5.32 Å². The van der Waals surface area contributed by atoms with E-state index in [0.29, 0.717) is 11.8 Å². The number of amides is 2. The van der Waals surface area contributed by atoms with Crippen molar-refractivity contribution in [3.63, 3.8) is 0 Å². The molecule has 0 spiro atoms. The lowest BCUT2D eigenvalue weighted by molar-refractivity contribution is -0.135. The molecule has 1 N–H and O–H groups in total. The molecule has 0 unspecified atom stereocenters. The van der Waals surface area contributed by atoms with Crippen LogP contribution in [0.25, 0.3) is 0 Å². The fraction of sp³-hybridized carbons (Fsp3) is 0.636. The second-order valence-electron chi connectivity index (χ2n) is 8.11. The van der Waals surface area contributed by atoms with Crippen LogP contribution in [0.2, 0.25) is 0 Å². The summed E-state index contributed by atoms with van der Waals surface area (Å²) in [7, 11) is 0. The molecule has 26 heavy (non-hydrogen) atoms. The Kier molecular flexibility index (Phi) is 7.24. The minimum atomic E-state index is -0.0965. The van der Waals surface area contributed by atoms with E-state index in [4.69, 9.17) is 0 Å². The molecule has 2 rings (SSSR count). The molecule has 1 fully saturated rings. The van der Waals surface area contributed by atoms with Crippen molar-refractivity contribution in [2.75, 3.05) is 11.9 Å². The highest BCUT2D eigenvalue weighted by atomic mass is 16.2. The second-order valence-corrected chi connectivity index (χ2v) is 8.11. The lowest BCUT2D eigenvalue weighted by Gasteiger charge is -2.33. The summed E-state index contributed by atoms with van der Waals surface area (Å²) < 4.78 is 0. The van der Waals surface area contributed by atoms with Crippen LogP contribution in [0.3, 0.4) is 0 Å². The molecule has 1 aliphatic carbocycles. The van der Waals surface area contributed by atoms with Crippen LogP contribution >= 0.6 is 0 Å². The van der Waals surface area contributed by atoms with E-state index in [1.807, 2.05) is 0 Å². The van der Waals surface area contributed by atoms with Crippen molar-refractivity contribution in [2.45, 2.75) is 84.6 Å². The molecule has 2 amide bonds. The maximum absolute atomic E-state index is 12.8. The van der Waals surface area contributed by atoms with Crippen LogP contribution in [-0.2, 0) is 9.59 Å². The summed E-state index contributed by atoms with van der Waals surface area (Å²) >= 11 is 0. The first-order chi connectivity index (χ1) is 12.3. The highest BCUT2D eigenvalue weighted by Gasteiger charge is 2.26. The molecule has 0 radical (unpaired) electrons. The maximum Gasteiger partial charge on any atom is 0.244 e. The number of carbonyl (C=O) groups is 2. The zero-order valence-electron chi connectivity index (χ0n) is 17.0. The molecule has 0 bridgehead atoms. The molecule has 1 aliphatic rings. The van der Waals surface area contributed by atoms with Crippen LogP contribution in [0.1, 0.15) is 89.7 Å². The van der Waals surface area contributed by atoms with E-state index in [9.17, 15) is 9.59 Å². The summed E-state index contributed by atoms with van der Waals surface area (Å²) in [6.45, 7) is 10.3. The van der Waals surface area contributed by atoms with Gasteiger partial charge in [0.2, 0.25) is 11.8 Å². The van der Waals surface area contributed by atoms with Crippen molar-refractivity contribution in [2.24, 2.45) is 0 Å². The minimum absolute atomic E-state index is 0.00622. The van der Waals surface area contributed by atoms with E-state index in [-0.39, 0.29) is 24.4 Å². The summed E-state index contributed by atoms with van der Waals surface area (Å²) in [5.41, 5.74) is 3.22. The second kappa shape index (κ2) is 9.20. The number of para-hydroxylation sites is 1. The Morgan fingerprint density at radius 3 is 2.04 bits per heavy atom. The highest BCUT2D eigenvalue weighted by Crippen LogP contribution is 2.32. The summed E-state index contributed by atoms with van der Waals surface area (Å²) in [4.78, 5) is 26.7. The van der Waals surface area contributed by atoms with Gasteiger partial charge in [0, 0.05) is 18.7 Å². The Morgan fingerprint density at radius 2 is 1.58 bits per heavy atom. The van der Waals surface area contributed by atoms with Crippen LogP contribution in [0, 0.1) is 0 Å². The largest absolute Gasteiger partial charge is 0.331 e. The molecule has 0 atom stereocenters. The molecule has 0 aliphatic heterocycles. The monoisotopic (exact) mass is 358 g/mol. The van der Waals surface area contributed by atoms with Crippen molar-refractivity contribution in [3.8, 4) is 0 Å². The molecule has 0 saturated heterocycles. The number of nitrogens with zero attached hydrogens (tertiary/aromatic N) is 1. The van der Waals surface area contributed by atoms with Crippen molar-refractivity contribution >= 4 is 17.5 Å². The molecule has 0 aromatic heterocycles. The first-order valence-corrected chi connectivity index (χ1v) is 10.0. The Morgan fingerprint density at radius 1 is 1.04 bits per heavy atom. The summed E-state index contributed by atoms with van der Waals surface area (Å²) in [5, 5.41) is 3.13. The van der Waals surface area contributed by atoms with Crippen molar-refractivity contribution in [3.05, 3.63) is 29.3 Å². The van der Waals surface area contributed by atoms with Crippen LogP contribution in [0.4, 0.5) is 5.69 Å². The molecule has 144 valence electrons. The summed E-state index contributed by atoms with van der Waals surface area (Å²) in [5.74, 6) is 0.548. The third-order valence-electron chi connectivity index (χ3n) is 5.37. The van der Waals surface area contributed by atoms with E-state index >= 15 is 0 Å². The molecule has 4 nitrogen and oxygen atoms in total. The number of benzene rings is 1. The first kappa shape index (κ1) is 20.5. The van der Waals surface area contributed by atoms with Crippen molar-refractivity contribution in [1.29, 1.82) is 0 Å². The number of nitrogens with one attached hydrogen (secondary N) is 1. The Labute approximate surface area is 158 Å². The standard InChI is InChI=1S/C22H34N2O2/c1-15(2)19-12-9-13-20(16(3)4)22(19)23-21(26)14-24(17(5)25)18-10-7-6-8-11-18/h9,12-13,15-16,18H,6-8,10-11,14H2,1-5H3,(H,23,26). The van der Waals surface area contributed by atoms with Gasteiger partial charge in [-0.1, -0.05) is 65.2 Å². The zero-order valence-corrected chi connectivity index (χ0v) is 17.0. The van der Waals surface area contributed by atoms with E-state index in [1.165, 1.54) is 6.42 Å². The maximum atomic E-state index is 12.8. The minimum Gasteiger partial charge on any atom is -0.331 e. The average Bonchev–Trinajstić information content (AvgIpc) is 2.60. The van der Waals surface area contributed by atoms with Crippen LogP contribution in [0.5, 0.6) is 0 Å². The summed E-state index contributed by atoms with van der Waals surface area (Å²) in [6.07, 6.45) is 5.53. The number of rotatable bonds is 6. The van der Waals surface area contributed by atoms with Gasteiger partial charge in [0.05, 0.1) is 0 Å². The van der Waals surface area contributed by atoms with Crippen LogP contribution in [-0.4, -0.2) is 29.3 Å². The van der Waals surface area contributed by atoms with Gasteiger partial charge < -0.3 is 10.2 Å². The normalized spacial score (nSPS) is 15.3. The Bertz CT molecular complexity index is 605. The average molecular weight is 359 g/mol. The highest BCUT2D eigenvalue weighted by molar-refractivity contribution is 5.96. The molecular weight excluding hydrogens is 324 g/mol. The van der Waals surface area contributed by atoms with Gasteiger partial charge in [0.15, 0.2) is 0 Å². The van der Waals surface area contributed by atoms with Gasteiger partial charge >= 0.3 is 0 Å². The SMILES string of the molecule is CC(=O)N(CC(=O)Nc1c(C(C)C)cccc1C(C)C)C1CCCCC1. The number of anilines is 1. The van der Waals surface area contributed by atoms with Crippen molar-refractivity contribution < 1.29 is 9.59 Å². The fourth-order valence-electron chi connectivity index (χ4n) is 3.92. The lowest BCUT2D eigenvalue weighted by atomic mass is 9.92. The zero-order chi connectivity index (χ0) is 19.3. The molecule has 1 saturated carbocycles. The van der Waals surface area contributed by atoms with E-state index in [0.717, 1.165) is 42.5 Å². The summed E-state index contributed by atoms with van der Waals surface area (Å²) in [6, 6.07) is 6.42. The van der Waals surface area contributed by atoms with Gasteiger partial charge in [-0.25, -0.2) is 0 Å². The van der Waals surface area contributed by atoms with Gasteiger partial charge in [0.25, 0.3) is 0 Å². The fourth-order valence-corrected chi connectivity index (χ4v) is 3.92. The Balaban J connectivity index is 2.19. The molecular formula is C22H34N2O2. The first-order valence-electron chi connectivity index (χ1n) is 10.0. The third-order valence-corrected chi connectivity index (χ3v) is 5.37. The quantitative estimate of drug-likeness (QED) is 0.773. The molecule has 1 aromatic rings. The smallest absolute Gasteiger partial charge is 0.244 e. The van der Waals surface area contributed by atoms with Gasteiger partial charge in [-0.05, 0) is 35.8 Å².